The fraction of sp³-hybridized carbons (Fsp3) is 0.889. The average molecular weight is 328 g/mol. The number of rotatable bonds is 13. The Labute approximate surface area is 140 Å². The summed E-state index contributed by atoms with van der Waals surface area (Å²) in [6.07, 6.45) is 10.1. The SMILES string of the molecule is CCCCCCCCOC(=O)CCCC(=O)OCC1CCCO1. The summed E-state index contributed by atoms with van der Waals surface area (Å²) in [5.41, 5.74) is 0. The molecule has 23 heavy (non-hydrogen) atoms. The van der Waals surface area contributed by atoms with Gasteiger partial charge in [-0.05, 0) is 25.7 Å². The van der Waals surface area contributed by atoms with E-state index in [1.54, 1.807) is 0 Å². The molecular weight excluding hydrogens is 296 g/mol. The van der Waals surface area contributed by atoms with Gasteiger partial charge >= 0.3 is 11.9 Å². The molecule has 0 aromatic heterocycles. The summed E-state index contributed by atoms with van der Waals surface area (Å²) in [5.74, 6) is -0.477. The van der Waals surface area contributed by atoms with Gasteiger partial charge in [-0.25, -0.2) is 0 Å². The number of hydrogen-bond donors (Lipinski definition) is 0. The van der Waals surface area contributed by atoms with Crippen LogP contribution in [0.15, 0.2) is 0 Å². The molecule has 5 nitrogen and oxygen atoms in total. The van der Waals surface area contributed by atoms with Crippen LogP contribution in [0.2, 0.25) is 0 Å². The van der Waals surface area contributed by atoms with Crippen molar-refractivity contribution in [3.05, 3.63) is 0 Å². The third-order valence-electron chi connectivity index (χ3n) is 3.98. The second kappa shape index (κ2) is 13.3. The zero-order chi connectivity index (χ0) is 16.8. The van der Waals surface area contributed by atoms with Crippen molar-refractivity contribution >= 4 is 11.9 Å². The van der Waals surface area contributed by atoms with Crippen LogP contribution < -0.4 is 0 Å². The predicted octanol–water partition coefficient (Wildman–Crippen LogP) is 3.78. The van der Waals surface area contributed by atoms with E-state index in [1.165, 1.54) is 25.7 Å². The van der Waals surface area contributed by atoms with Crippen LogP contribution in [0.25, 0.3) is 0 Å². The number of unbranched alkanes of at least 4 members (excludes halogenated alkanes) is 5. The van der Waals surface area contributed by atoms with Gasteiger partial charge in [0.05, 0.1) is 12.7 Å². The van der Waals surface area contributed by atoms with E-state index in [4.69, 9.17) is 14.2 Å². The van der Waals surface area contributed by atoms with Crippen molar-refractivity contribution in [2.75, 3.05) is 19.8 Å². The minimum Gasteiger partial charge on any atom is -0.466 e. The van der Waals surface area contributed by atoms with Crippen LogP contribution in [0, 0.1) is 0 Å². The number of carbonyl (C=O) groups is 2. The van der Waals surface area contributed by atoms with Gasteiger partial charge in [-0.3, -0.25) is 9.59 Å². The molecule has 1 saturated heterocycles. The largest absolute Gasteiger partial charge is 0.466 e. The Bertz CT molecular complexity index is 323. The Hall–Kier alpha value is -1.10. The van der Waals surface area contributed by atoms with Gasteiger partial charge in [0.2, 0.25) is 0 Å². The Morgan fingerprint density at radius 3 is 2.35 bits per heavy atom. The topological polar surface area (TPSA) is 61.8 Å². The van der Waals surface area contributed by atoms with E-state index >= 15 is 0 Å². The van der Waals surface area contributed by atoms with Crippen molar-refractivity contribution in [3.8, 4) is 0 Å². The maximum Gasteiger partial charge on any atom is 0.305 e. The first-order valence-electron chi connectivity index (χ1n) is 9.15. The summed E-state index contributed by atoms with van der Waals surface area (Å²) in [6, 6.07) is 0. The summed E-state index contributed by atoms with van der Waals surface area (Å²) in [4.78, 5) is 23.1. The molecular formula is C18H32O5. The van der Waals surface area contributed by atoms with Gasteiger partial charge < -0.3 is 14.2 Å². The number of esters is 2. The van der Waals surface area contributed by atoms with E-state index < -0.39 is 0 Å². The fourth-order valence-corrected chi connectivity index (χ4v) is 2.55. The Balaban J connectivity index is 1.87. The predicted molar refractivity (Wildman–Crippen MR) is 88.1 cm³/mol. The lowest BCUT2D eigenvalue weighted by Gasteiger charge is -2.10. The summed E-state index contributed by atoms with van der Waals surface area (Å²) in [7, 11) is 0. The number of hydrogen-bond acceptors (Lipinski definition) is 5. The van der Waals surface area contributed by atoms with E-state index in [2.05, 4.69) is 6.92 Å². The van der Waals surface area contributed by atoms with Crippen LogP contribution in [-0.4, -0.2) is 37.9 Å². The lowest BCUT2D eigenvalue weighted by molar-refractivity contribution is -0.147. The van der Waals surface area contributed by atoms with Gasteiger partial charge in [-0.2, -0.15) is 0 Å². The Kier molecular flexibility index (Phi) is 11.6. The molecule has 0 amide bonds. The molecule has 134 valence electrons. The van der Waals surface area contributed by atoms with Gasteiger partial charge in [0.1, 0.15) is 6.61 Å². The van der Waals surface area contributed by atoms with Crippen LogP contribution >= 0.6 is 0 Å². The summed E-state index contributed by atoms with van der Waals surface area (Å²) < 4.78 is 15.7. The second-order valence-corrected chi connectivity index (χ2v) is 6.16. The molecule has 0 aromatic carbocycles. The highest BCUT2D eigenvalue weighted by Gasteiger charge is 2.17. The molecule has 1 heterocycles. The third kappa shape index (κ3) is 11.1. The molecule has 1 aliphatic heterocycles. The monoisotopic (exact) mass is 328 g/mol. The minimum absolute atomic E-state index is 0.0567. The fourth-order valence-electron chi connectivity index (χ4n) is 2.55. The van der Waals surface area contributed by atoms with Crippen LogP contribution in [-0.2, 0) is 23.8 Å². The van der Waals surface area contributed by atoms with Crippen LogP contribution in [0.4, 0.5) is 0 Å². The first-order valence-corrected chi connectivity index (χ1v) is 9.15. The Morgan fingerprint density at radius 2 is 1.65 bits per heavy atom. The highest BCUT2D eigenvalue weighted by atomic mass is 16.6. The number of ether oxygens (including phenoxy) is 3. The summed E-state index contributed by atoms with van der Waals surface area (Å²) in [6.45, 7) is 3.78. The van der Waals surface area contributed by atoms with Gasteiger partial charge in [-0.15, -0.1) is 0 Å². The van der Waals surface area contributed by atoms with E-state index in [-0.39, 0.29) is 30.9 Å². The van der Waals surface area contributed by atoms with Crippen molar-refractivity contribution < 1.29 is 23.8 Å². The van der Waals surface area contributed by atoms with E-state index in [0.717, 1.165) is 32.3 Å². The molecule has 1 unspecified atom stereocenters. The van der Waals surface area contributed by atoms with Gasteiger partial charge in [0, 0.05) is 19.4 Å². The normalized spacial score (nSPS) is 17.2. The molecule has 0 aliphatic carbocycles. The van der Waals surface area contributed by atoms with Crippen molar-refractivity contribution in [2.45, 2.75) is 83.7 Å². The molecule has 0 N–H and O–H groups in total. The molecule has 0 bridgehead atoms. The standard InChI is InChI=1S/C18H32O5/c1-2-3-4-5-6-7-13-22-17(19)11-8-12-18(20)23-15-16-10-9-14-21-16/h16H,2-15H2,1H3. The second-order valence-electron chi connectivity index (χ2n) is 6.16. The maximum absolute atomic E-state index is 11.5. The van der Waals surface area contributed by atoms with Crippen LogP contribution in [0.5, 0.6) is 0 Å². The summed E-state index contributed by atoms with van der Waals surface area (Å²) in [5, 5.41) is 0. The highest BCUT2D eigenvalue weighted by molar-refractivity contribution is 5.72. The van der Waals surface area contributed by atoms with Crippen molar-refractivity contribution in [1.82, 2.24) is 0 Å². The van der Waals surface area contributed by atoms with Gasteiger partial charge in [0.25, 0.3) is 0 Å². The van der Waals surface area contributed by atoms with Crippen LogP contribution in [0.3, 0.4) is 0 Å². The first-order chi connectivity index (χ1) is 11.2. The maximum atomic E-state index is 11.5. The molecule has 1 aliphatic rings. The van der Waals surface area contributed by atoms with E-state index in [1.807, 2.05) is 0 Å². The zero-order valence-electron chi connectivity index (χ0n) is 14.5. The molecule has 0 spiro atoms. The highest BCUT2D eigenvalue weighted by Crippen LogP contribution is 2.12. The number of carbonyl (C=O) groups excluding carboxylic acids is 2. The van der Waals surface area contributed by atoms with E-state index in [0.29, 0.717) is 19.6 Å². The summed E-state index contributed by atoms with van der Waals surface area (Å²) >= 11 is 0. The zero-order valence-corrected chi connectivity index (χ0v) is 14.5. The molecule has 5 heteroatoms. The quantitative estimate of drug-likeness (QED) is 0.380. The first kappa shape index (κ1) is 19.9. The van der Waals surface area contributed by atoms with Gasteiger partial charge in [-0.1, -0.05) is 39.0 Å². The lowest BCUT2D eigenvalue weighted by Crippen LogP contribution is -2.17. The molecule has 0 radical (unpaired) electrons. The molecule has 0 saturated carbocycles. The molecule has 0 aromatic rings. The molecule has 1 atom stereocenters. The third-order valence-corrected chi connectivity index (χ3v) is 3.98. The van der Waals surface area contributed by atoms with Crippen molar-refractivity contribution in [3.63, 3.8) is 0 Å². The van der Waals surface area contributed by atoms with Gasteiger partial charge in [0.15, 0.2) is 0 Å². The molecule has 1 fully saturated rings. The Morgan fingerprint density at radius 1 is 0.957 bits per heavy atom. The average Bonchev–Trinajstić information content (AvgIpc) is 3.05. The molecule has 1 rings (SSSR count). The van der Waals surface area contributed by atoms with Crippen molar-refractivity contribution in [1.29, 1.82) is 0 Å². The van der Waals surface area contributed by atoms with Crippen molar-refractivity contribution in [2.24, 2.45) is 0 Å². The van der Waals surface area contributed by atoms with E-state index in [9.17, 15) is 9.59 Å². The lowest BCUT2D eigenvalue weighted by atomic mass is 10.1. The van der Waals surface area contributed by atoms with Crippen LogP contribution in [0.1, 0.15) is 77.6 Å². The smallest absolute Gasteiger partial charge is 0.305 e. The minimum atomic E-state index is -0.260.